The minimum Gasteiger partial charge on any atom is -0.448 e. The van der Waals surface area contributed by atoms with E-state index in [0.29, 0.717) is 17.8 Å². The van der Waals surface area contributed by atoms with Gasteiger partial charge in [-0.3, -0.25) is 15.0 Å². The van der Waals surface area contributed by atoms with E-state index in [-0.39, 0.29) is 18.3 Å². The van der Waals surface area contributed by atoms with Crippen LogP contribution in [0.1, 0.15) is 23.2 Å². The summed E-state index contributed by atoms with van der Waals surface area (Å²) in [5.41, 5.74) is 1.81. The zero-order valence-corrected chi connectivity index (χ0v) is 17.9. The first-order valence-corrected chi connectivity index (χ1v) is 10.7. The summed E-state index contributed by atoms with van der Waals surface area (Å²) >= 11 is 3.39. The van der Waals surface area contributed by atoms with Crippen LogP contribution >= 0.6 is 15.9 Å². The molecule has 3 aromatic rings. The first kappa shape index (κ1) is 20.6. The molecule has 0 unspecified atom stereocenters. The number of nitrogens with zero attached hydrogens (tertiary/aromatic N) is 2. The lowest BCUT2D eigenvalue weighted by atomic mass is 9.89. The van der Waals surface area contributed by atoms with Crippen molar-refractivity contribution in [3.63, 3.8) is 0 Å². The number of para-hydroxylation sites is 1. The molecule has 0 saturated carbocycles. The number of hydrogen-bond acceptors (Lipinski definition) is 6. The molecule has 4 rings (SSSR count). The van der Waals surface area contributed by atoms with Crippen molar-refractivity contribution >= 4 is 44.5 Å². The Hall–Kier alpha value is -2.71. The maximum atomic E-state index is 12.6. The molecule has 0 radical (unpaired) electrons. The summed E-state index contributed by atoms with van der Waals surface area (Å²) < 4.78 is 11.4. The van der Waals surface area contributed by atoms with Crippen molar-refractivity contribution in [2.45, 2.75) is 12.8 Å². The van der Waals surface area contributed by atoms with Crippen molar-refractivity contribution in [1.29, 1.82) is 0 Å². The third-order valence-corrected chi connectivity index (χ3v) is 5.87. The molecule has 30 heavy (non-hydrogen) atoms. The van der Waals surface area contributed by atoms with Gasteiger partial charge in [-0.2, -0.15) is 0 Å². The van der Waals surface area contributed by atoms with Crippen molar-refractivity contribution in [3.8, 4) is 0 Å². The van der Waals surface area contributed by atoms with E-state index in [1.165, 1.54) is 0 Å². The number of benzene rings is 2. The first-order chi connectivity index (χ1) is 14.6. The number of ether oxygens (including phenoxy) is 1. The van der Waals surface area contributed by atoms with Crippen LogP contribution in [0.3, 0.4) is 0 Å². The number of rotatable bonds is 6. The Morgan fingerprint density at radius 3 is 2.70 bits per heavy atom. The highest BCUT2D eigenvalue weighted by Crippen LogP contribution is 2.24. The van der Waals surface area contributed by atoms with Gasteiger partial charge in [0.1, 0.15) is 6.61 Å². The van der Waals surface area contributed by atoms with Crippen LogP contribution in [0.2, 0.25) is 0 Å². The minimum atomic E-state index is -0.529. The van der Waals surface area contributed by atoms with Crippen LogP contribution in [0, 0.1) is 5.92 Å². The SMILES string of the molecule is O=C(Nc1cccc2cnoc12)OCCN1CCC(C(=O)c2ccc(Br)cc2)CC1. The van der Waals surface area contributed by atoms with Crippen LogP contribution in [0.5, 0.6) is 0 Å². The van der Waals surface area contributed by atoms with Gasteiger partial charge in [-0.05, 0) is 50.2 Å². The number of carbonyl (C=O) groups excluding carboxylic acids is 2. The number of aromatic nitrogens is 1. The fraction of sp³-hybridized carbons (Fsp3) is 0.318. The number of ketones is 1. The van der Waals surface area contributed by atoms with E-state index in [9.17, 15) is 9.59 Å². The Bertz CT molecular complexity index is 1030. The highest BCUT2D eigenvalue weighted by atomic mass is 79.9. The van der Waals surface area contributed by atoms with Crippen LogP contribution in [0.4, 0.5) is 10.5 Å². The van der Waals surface area contributed by atoms with Gasteiger partial charge in [-0.15, -0.1) is 0 Å². The molecule has 156 valence electrons. The molecule has 1 aromatic heterocycles. The van der Waals surface area contributed by atoms with Crippen molar-refractivity contribution in [3.05, 3.63) is 58.7 Å². The molecule has 1 aliphatic rings. The zero-order valence-electron chi connectivity index (χ0n) is 16.3. The van der Waals surface area contributed by atoms with Gasteiger partial charge in [-0.25, -0.2) is 4.79 Å². The smallest absolute Gasteiger partial charge is 0.411 e. The van der Waals surface area contributed by atoms with E-state index in [4.69, 9.17) is 9.26 Å². The Labute approximate surface area is 182 Å². The second-order valence-electron chi connectivity index (χ2n) is 7.30. The number of carbonyl (C=O) groups is 2. The summed E-state index contributed by atoms with van der Waals surface area (Å²) in [6, 6.07) is 12.9. The van der Waals surface area contributed by atoms with Gasteiger partial charge in [0.2, 0.25) is 0 Å². The molecule has 0 aliphatic carbocycles. The largest absolute Gasteiger partial charge is 0.448 e. The predicted octanol–water partition coefficient (Wildman–Crippen LogP) is 4.73. The lowest BCUT2D eigenvalue weighted by molar-refractivity contribution is 0.0813. The van der Waals surface area contributed by atoms with Gasteiger partial charge in [0.15, 0.2) is 11.4 Å². The molecular formula is C22H22BrN3O4. The number of halogens is 1. The zero-order chi connectivity index (χ0) is 20.9. The summed E-state index contributed by atoms with van der Waals surface area (Å²) in [7, 11) is 0. The lowest BCUT2D eigenvalue weighted by Crippen LogP contribution is -2.38. The Morgan fingerprint density at radius 2 is 1.93 bits per heavy atom. The maximum Gasteiger partial charge on any atom is 0.411 e. The third-order valence-electron chi connectivity index (χ3n) is 5.35. The fourth-order valence-electron chi connectivity index (χ4n) is 3.67. The summed E-state index contributed by atoms with van der Waals surface area (Å²) in [6.07, 6.45) is 2.69. The molecule has 1 saturated heterocycles. The van der Waals surface area contributed by atoms with Crippen molar-refractivity contribution in [1.82, 2.24) is 10.1 Å². The number of nitrogens with one attached hydrogen (secondary N) is 1. The van der Waals surface area contributed by atoms with E-state index in [2.05, 4.69) is 31.3 Å². The molecular weight excluding hydrogens is 450 g/mol. The quantitative estimate of drug-likeness (QED) is 0.522. The molecule has 7 nitrogen and oxygen atoms in total. The van der Waals surface area contributed by atoms with E-state index in [1.807, 2.05) is 36.4 Å². The van der Waals surface area contributed by atoms with Gasteiger partial charge in [-0.1, -0.05) is 39.3 Å². The number of Topliss-reactive ketones (excluding diaryl/α,β-unsaturated/α-hetero) is 1. The molecule has 0 atom stereocenters. The average Bonchev–Trinajstić information content (AvgIpc) is 3.24. The van der Waals surface area contributed by atoms with Gasteiger partial charge in [0, 0.05) is 27.9 Å². The number of amides is 1. The number of likely N-dealkylation sites (tertiary alicyclic amines) is 1. The monoisotopic (exact) mass is 471 g/mol. The Kier molecular flexibility index (Phi) is 6.44. The van der Waals surface area contributed by atoms with Crippen molar-refractivity contribution in [2.24, 2.45) is 5.92 Å². The average molecular weight is 472 g/mol. The van der Waals surface area contributed by atoms with Crippen molar-refractivity contribution < 1.29 is 18.8 Å². The van der Waals surface area contributed by atoms with Gasteiger partial charge >= 0.3 is 6.09 Å². The van der Waals surface area contributed by atoms with E-state index < -0.39 is 6.09 Å². The molecule has 8 heteroatoms. The van der Waals surface area contributed by atoms with Crippen LogP contribution in [-0.2, 0) is 4.74 Å². The summed E-state index contributed by atoms with van der Waals surface area (Å²) in [4.78, 5) is 26.9. The van der Waals surface area contributed by atoms with Gasteiger partial charge in [0.05, 0.1) is 11.9 Å². The molecule has 0 bridgehead atoms. The highest BCUT2D eigenvalue weighted by Gasteiger charge is 2.25. The summed E-state index contributed by atoms with van der Waals surface area (Å²) in [5, 5.41) is 7.24. The maximum absolute atomic E-state index is 12.6. The van der Waals surface area contributed by atoms with Crippen LogP contribution in [0.25, 0.3) is 11.0 Å². The Morgan fingerprint density at radius 1 is 1.17 bits per heavy atom. The summed E-state index contributed by atoms with van der Waals surface area (Å²) in [5.74, 6) is 0.258. The number of hydrogen-bond donors (Lipinski definition) is 1. The van der Waals surface area contributed by atoms with E-state index >= 15 is 0 Å². The highest BCUT2D eigenvalue weighted by molar-refractivity contribution is 9.10. The molecule has 2 aromatic carbocycles. The van der Waals surface area contributed by atoms with Crippen molar-refractivity contribution in [2.75, 3.05) is 31.6 Å². The number of piperidine rings is 1. The van der Waals surface area contributed by atoms with Gasteiger partial charge < -0.3 is 9.26 Å². The van der Waals surface area contributed by atoms with E-state index in [1.54, 1.807) is 12.3 Å². The first-order valence-electron chi connectivity index (χ1n) is 9.89. The molecule has 1 fully saturated rings. The molecule has 1 aliphatic heterocycles. The predicted molar refractivity (Wildman–Crippen MR) is 117 cm³/mol. The molecule has 0 spiro atoms. The second kappa shape index (κ2) is 9.40. The normalized spacial score (nSPS) is 15.2. The molecule has 1 N–H and O–H groups in total. The minimum absolute atomic E-state index is 0.0500. The lowest BCUT2D eigenvalue weighted by Gasteiger charge is -2.31. The summed E-state index contributed by atoms with van der Waals surface area (Å²) in [6.45, 7) is 2.55. The van der Waals surface area contributed by atoms with Crippen LogP contribution in [-0.4, -0.2) is 48.2 Å². The second-order valence-corrected chi connectivity index (χ2v) is 8.21. The van der Waals surface area contributed by atoms with E-state index in [0.717, 1.165) is 41.4 Å². The Balaban J connectivity index is 1.19. The fourth-order valence-corrected chi connectivity index (χ4v) is 3.94. The molecule has 1 amide bonds. The topological polar surface area (TPSA) is 84.7 Å². The van der Waals surface area contributed by atoms with Gasteiger partial charge in [0.25, 0.3) is 0 Å². The standard InChI is InChI=1S/C22H22BrN3O4/c23-18-6-4-15(5-7-18)20(27)16-8-10-26(11-9-16)12-13-29-22(28)25-19-3-1-2-17-14-24-30-21(17)19/h1-7,14,16H,8-13H2,(H,25,28). The number of anilines is 1. The molecule has 2 heterocycles. The number of fused-ring (bicyclic) bond motifs is 1. The van der Waals surface area contributed by atoms with Crippen LogP contribution in [0.15, 0.2) is 57.7 Å². The van der Waals surface area contributed by atoms with Crippen LogP contribution < -0.4 is 5.32 Å². The third kappa shape index (κ3) is 4.88.